The number of aliphatic hydroxyl groups excluding tert-OH is 1. The van der Waals surface area contributed by atoms with Gasteiger partial charge in [-0.15, -0.1) is 0 Å². The molecule has 0 aromatic carbocycles. The molecule has 1 N–H and O–H groups in total. The molecule has 0 bridgehead atoms. The number of thioether (sulfide) groups is 1. The number of hydrogen-bond donors (Lipinski definition) is 1. The highest BCUT2D eigenvalue weighted by molar-refractivity contribution is 7.99. The van der Waals surface area contributed by atoms with Crippen LogP contribution in [-0.4, -0.2) is 26.2 Å². The van der Waals surface area contributed by atoms with Crippen molar-refractivity contribution < 1.29 is 5.11 Å². The van der Waals surface area contributed by atoms with Crippen molar-refractivity contribution in [1.29, 1.82) is 0 Å². The smallest absolute Gasteiger partial charge is 0.131 e. The number of aromatic nitrogens is 2. The Hall–Kier alpha value is -0.480. The zero-order chi connectivity index (χ0) is 11.7. The lowest BCUT2D eigenvalue weighted by Crippen LogP contribution is -2.16. The lowest BCUT2D eigenvalue weighted by Gasteiger charge is -2.20. The van der Waals surface area contributed by atoms with Crippen molar-refractivity contribution in [1.82, 2.24) is 9.55 Å². The van der Waals surface area contributed by atoms with Crippen molar-refractivity contribution >= 4 is 11.8 Å². The maximum atomic E-state index is 9.90. The minimum atomic E-state index is -0.332. The molecule has 0 saturated carbocycles. The molecule has 2 aliphatic heterocycles. The largest absolute Gasteiger partial charge is 0.373 e. The van der Waals surface area contributed by atoms with Crippen LogP contribution in [0.1, 0.15) is 43.4 Å². The lowest BCUT2D eigenvalue weighted by molar-refractivity contribution is 0.0780. The highest BCUT2D eigenvalue weighted by Gasteiger charge is 2.21. The molecule has 1 fully saturated rings. The molecule has 3 rings (SSSR count). The molecule has 1 saturated heterocycles. The molecule has 0 radical (unpaired) electrons. The summed E-state index contributed by atoms with van der Waals surface area (Å²) < 4.78 is 1.98. The van der Waals surface area contributed by atoms with E-state index in [1.54, 1.807) is 0 Å². The number of hydrogen-bond acceptors (Lipinski definition) is 3. The summed E-state index contributed by atoms with van der Waals surface area (Å²) in [5.41, 5.74) is 1.19. The minimum absolute atomic E-state index is 0.332. The average Bonchev–Trinajstić information content (AvgIpc) is 2.74. The second kappa shape index (κ2) is 5.02. The van der Waals surface area contributed by atoms with Crippen LogP contribution in [-0.2, 0) is 12.8 Å². The fourth-order valence-corrected chi connectivity index (χ4v) is 4.06. The van der Waals surface area contributed by atoms with Crippen molar-refractivity contribution in [2.45, 2.75) is 44.8 Å². The summed E-state index contributed by atoms with van der Waals surface area (Å²) in [6.45, 7) is 0. The summed E-state index contributed by atoms with van der Waals surface area (Å²) in [5, 5.41) is 9.90. The Balaban J connectivity index is 1.71. The predicted molar refractivity (Wildman–Crippen MR) is 70.2 cm³/mol. The summed E-state index contributed by atoms with van der Waals surface area (Å²) >= 11 is 2.07. The summed E-state index contributed by atoms with van der Waals surface area (Å²) in [7, 11) is 0. The third kappa shape index (κ3) is 2.52. The van der Waals surface area contributed by atoms with E-state index in [-0.39, 0.29) is 6.23 Å². The van der Waals surface area contributed by atoms with E-state index < -0.39 is 0 Å². The number of nitrogens with zero attached hydrogens (tertiary/aromatic N) is 2. The van der Waals surface area contributed by atoms with Crippen LogP contribution in [0.4, 0.5) is 0 Å². The average molecular weight is 252 g/mol. The van der Waals surface area contributed by atoms with Gasteiger partial charge in [-0.05, 0) is 49.5 Å². The molecule has 3 heterocycles. The first-order chi connectivity index (χ1) is 8.33. The van der Waals surface area contributed by atoms with Crippen LogP contribution < -0.4 is 0 Å². The van der Waals surface area contributed by atoms with Crippen molar-refractivity contribution in [3.05, 3.63) is 17.7 Å². The van der Waals surface area contributed by atoms with Crippen LogP contribution in [0.2, 0.25) is 0 Å². The van der Waals surface area contributed by atoms with Gasteiger partial charge in [0.15, 0.2) is 0 Å². The molecule has 1 aromatic rings. The fourth-order valence-electron chi connectivity index (χ4n) is 2.86. The number of aryl methyl sites for hydroxylation is 1. The predicted octanol–water partition coefficient (Wildman–Crippen LogP) is 2.40. The highest BCUT2D eigenvalue weighted by atomic mass is 32.2. The van der Waals surface area contributed by atoms with Crippen LogP contribution in [0, 0.1) is 5.92 Å². The van der Waals surface area contributed by atoms with Gasteiger partial charge < -0.3 is 9.67 Å². The van der Waals surface area contributed by atoms with E-state index in [0.29, 0.717) is 0 Å². The number of rotatable bonds is 2. The minimum Gasteiger partial charge on any atom is -0.373 e. The first-order valence-electron chi connectivity index (χ1n) is 6.65. The van der Waals surface area contributed by atoms with Gasteiger partial charge >= 0.3 is 0 Å². The molecule has 1 unspecified atom stereocenters. The third-order valence-electron chi connectivity index (χ3n) is 3.88. The molecule has 1 aromatic heterocycles. The normalized spacial score (nSPS) is 25.8. The summed E-state index contributed by atoms with van der Waals surface area (Å²) in [4.78, 5) is 4.69. The topological polar surface area (TPSA) is 38.1 Å². The molecule has 4 heteroatoms. The molecule has 0 aliphatic carbocycles. The Kier molecular flexibility index (Phi) is 3.43. The Morgan fingerprint density at radius 2 is 2.18 bits per heavy atom. The fraction of sp³-hybridized carbons (Fsp3) is 0.769. The molecule has 94 valence electrons. The van der Waals surface area contributed by atoms with Crippen molar-refractivity contribution in [2.24, 2.45) is 5.92 Å². The SMILES string of the molecule is OC1CCCc2nc(CC3CCSCC3)cn21. The standard InChI is InChI=1S/C13H20N2OS/c16-13-3-1-2-12-14-11(9-15(12)13)8-10-4-6-17-7-5-10/h9-10,13,16H,1-8H2. The Morgan fingerprint density at radius 1 is 1.35 bits per heavy atom. The number of imidazole rings is 1. The maximum absolute atomic E-state index is 9.90. The van der Waals surface area contributed by atoms with Gasteiger partial charge in [0, 0.05) is 12.6 Å². The van der Waals surface area contributed by atoms with Crippen LogP contribution in [0.15, 0.2) is 6.20 Å². The van der Waals surface area contributed by atoms with E-state index in [1.165, 1.54) is 30.0 Å². The molecule has 17 heavy (non-hydrogen) atoms. The van der Waals surface area contributed by atoms with Gasteiger partial charge in [0.25, 0.3) is 0 Å². The van der Waals surface area contributed by atoms with Gasteiger partial charge in [-0.25, -0.2) is 4.98 Å². The van der Waals surface area contributed by atoms with Gasteiger partial charge in [0.2, 0.25) is 0 Å². The Bertz CT molecular complexity index is 385. The summed E-state index contributed by atoms with van der Waals surface area (Å²) in [6, 6.07) is 0. The first kappa shape index (κ1) is 11.6. The quantitative estimate of drug-likeness (QED) is 0.878. The molecule has 0 amide bonds. The van der Waals surface area contributed by atoms with Crippen LogP contribution in [0.25, 0.3) is 0 Å². The van der Waals surface area contributed by atoms with Crippen LogP contribution in [0.3, 0.4) is 0 Å². The van der Waals surface area contributed by atoms with E-state index in [1.807, 2.05) is 4.57 Å². The molecule has 2 aliphatic rings. The van der Waals surface area contributed by atoms with E-state index in [9.17, 15) is 5.11 Å². The second-order valence-corrected chi connectivity index (χ2v) is 6.41. The molecule has 3 nitrogen and oxygen atoms in total. The van der Waals surface area contributed by atoms with E-state index in [2.05, 4.69) is 18.0 Å². The monoisotopic (exact) mass is 252 g/mol. The molecular weight excluding hydrogens is 232 g/mol. The van der Waals surface area contributed by atoms with Gasteiger partial charge in [0.1, 0.15) is 12.1 Å². The summed E-state index contributed by atoms with van der Waals surface area (Å²) in [6.07, 6.45) is 8.49. The van der Waals surface area contributed by atoms with Gasteiger partial charge in [-0.2, -0.15) is 11.8 Å². The van der Waals surface area contributed by atoms with E-state index in [0.717, 1.165) is 37.4 Å². The van der Waals surface area contributed by atoms with Crippen molar-refractivity contribution in [3.63, 3.8) is 0 Å². The van der Waals surface area contributed by atoms with Crippen LogP contribution >= 0.6 is 11.8 Å². The van der Waals surface area contributed by atoms with E-state index >= 15 is 0 Å². The molecular formula is C13H20N2OS. The van der Waals surface area contributed by atoms with Gasteiger partial charge in [0.05, 0.1) is 5.69 Å². The third-order valence-corrected chi connectivity index (χ3v) is 4.93. The maximum Gasteiger partial charge on any atom is 0.131 e. The van der Waals surface area contributed by atoms with Gasteiger partial charge in [-0.1, -0.05) is 0 Å². The van der Waals surface area contributed by atoms with Crippen molar-refractivity contribution in [2.75, 3.05) is 11.5 Å². The second-order valence-electron chi connectivity index (χ2n) is 5.19. The zero-order valence-electron chi connectivity index (χ0n) is 10.1. The number of aliphatic hydroxyl groups is 1. The zero-order valence-corrected chi connectivity index (χ0v) is 11.0. The van der Waals surface area contributed by atoms with Gasteiger partial charge in [-0.3, -0.25) is 0 Å². The van der Waals surface area contributed by atoms with E-state index in [4.69, 9.17) is 4.98 Å². The molecule has 0 spiro atoms. The molecule has 1 atom stereocenters. The summed E-state index contributed by atoms with van der Waals surface area (Å²) in [5.74, 6) is 4.51. The first-order valence-corrected chi connectivity index (χ1v) is 7.81. The van der Waals surface area contributed by atoms with Crippen LogP contribution in [0.5, 0.6) is 0 Å². The Labute approximate surface area is 107 Å². The van der Waals surface area contributed by atoms with Crippen molar-refractivity contribution in [3.8, 4) is 0 Å². The Morgan fingerprint density at radius 3 is 2.94 bits per heavy atom. The number of fused-ring (bicyclic) bond motifs is 1. The lowest BCUT2D eigenvalue weighted by atomic mass is 9.97. The highest BCUT2D eigenvalue weighted by Crippen LogP contribution is 2.28.